The van der Waals surface area contributed by atoms with E-state index >= 15 is 0 Å². The number of hydrogen-bond acceptors (Lipinski definition) is 6. The number of carbonyl (C=O) groups excluding carboxylic acids is 1. The van der Waals surface area contributed by atoms with E-state index in [0.29, 0.717) is 32.4 Å². The van der Waals surface area contributed by atoms with E-state index < -0.39 is 27.4 Å². The molecule has 0 unspecified atom stereocenters. The van der Waals surface area contributed by atoms with Crippen LogP contribution in [0.4, 0.5) is 4.79 Å². The summed E-state index contributed by atoms with van der Waals surface area (Å²) in [5.74, 6) is 0. The maximum Gasteiger partial charge on any atom is 0.410 e. The van der Waals surface area contributed by atoms with Gasteiger partial charge in [0.05, 0.1) is 17.1 Å². The molecule has 28 heavy (non-hydrogen) atoms. The summed E-state index contributed by atoms with van der Waals surface area (Å²) in [6.07, 6.45) is 0.933. The van der Waals surface area contributed by atoms with Crippen molar-refractivity contribution in [2.45, 2.75) is 69.2 Å². The van der Waals surface area contributed by atoms with Gasteiger partial charge in [-0.1, -0.05) is 17.7 Å². The normalized spacial score (nSPS) is 22.4. The van der Waals surface area contributed by atoms with Gasteiger partial charge in [-0.05, 0) is 52.7 Å². The Kier molecular flexibility index (Phi) is 5.76. The van der Waals surface area contributed by atoms with Crippen molar-refractivity contribution < 1.29 is 26.9 Å². The van der Waals surface area contributed by atoms with Crippen LogP contribution in [0, 0.1) is 6.92 Å². The van der Waals surface area contributed by atoms with E-state index in [4.69, 9.17) is 13.7 Å². The minimum atomic E-state index is -3.82. The molecule has 0 bridgehead atoms. The monoisotopic (exact) mass is 411 g/mol. The van der Waals surface area contributed by atoms with Gasteiger partial charge in [-0.2, -0.15) is 8.42 Å². The molecule has 7 nitrogen and oxygen atoms in total. The third-order valence-corrected chi connectivity index (χ3v) is 6.45. The molecular weight excluding hydrogens is 382 g/mol. The number of rotatable bonds is 3. The molecule has 2 aliphatic heterocycles. The molecule has 1 aromatic carbocycles. The Hall–Kier alpha value is -1.64. The number of ether oxygens (including phenoxy) is 2. The molecule has 2 saturated heterocycles. The quantitative estimate of drug-likeness (QED) is 0.710. The lowest BCUT2D eigenvalue weighted by Crippen LogP contribution is -2.48. The highest BCUT2D eigenvalue weighted by Crippen LogP contribution is 2.38. The van der Waals surface area contributed by atoms with Gasteiger partial charge in [0.15, 0.2) is 0 Å². The number of piperidine rings is 1. The summed E-state index contributed by atoms with van der Waals surface area (Å²) in [6, 6.07) is 6.59. The van der Waals surface area contributed by atoms with E-state index in [0.717, 1.165) is 5.56 Å². The summed E-state index contributed by atoms with van der Waals surface area (Å²) in [5.41, 5.74) is 0.0181. The van der Waals surface area contributed by atoms with E-state index in [1.165, 1.54) is 0 Å². The van der Waals surface area contributed by atoms with Crippen molar-refractivity contribution >= 4 is 16.2 Å². The summed E-state index contributed by atoms with van der Waals surface area (Å²) in [6.45, 7) is 8.69. The van der Waals surface area contributed by atoms with Gasteiger partial charge in [0, 0.05) is 19.5 Å². The molecule has 1 aromatic rings. The summed E-state index contributed by atoms with van der Waals surface area (Å²) < 4.78 is 41.8. The molecule has 0 saturated carbocycles. The number of nitrogens with zero attached hydrogens (tertiary/aromatic N) is 1. The number of hydrogen-bond donors (Lipinski definition) is 0. The van der Waals surface area contributed by atoms with Crippen molar-refractivity contribution in [1.82, 2.24) is 4.90 Å². The first-order valence-corrected chi connectivity index (χ1v) is 11.0. The topological polar surface area (TPSA) is 82.1 Å². The van der Waals surface area contributed by atoms with Crippen LogP contribution >= 0.6 is 0 Å². The first-order valence-electron chi connectivity index (χ1n) is 9.60. The van der Waals surface area contributed by atoms with Gasteiger partial charge in [-0.25, -0.2) is 4.79 Å². The molecule has 1 spiro atoms. The Morgan fingerprint density at radius 2 is 1.79 bits per heavy atom. The van der Waals surface area contributed by atoms with Gasteiger partial charge in [-0.15, -0.1) is 0 Å². The average molecular weight is 412 g/mol. The van der Waals surface area contributed by atoms with Crippen LogP contribution in [0.2, 0.25) is 0 Å². The number of likely N-dealkylation sites (tertiary alicyclic amines) is 1. The zero-order chi connectivity index (χ0) is 20.6. The van der Waals surface area contributed by atoms with Crippen LogP contribution in [-0.4, -0.2) is 56.4 Å². The lowest BCUT2D eigenvalue weighted by atomic mass is 9.88. The fraction of sp³-hybridized carbons (Fsp3) is 0.650. The Morgan fingerprint density at radius 1 is 1.18 bits per heavy atom. The van der Waals surface area contributed by atoms with Crippen LogP contribution in [0.15, 0.2) is 29.2 Å². The van der Waals surface area contributed by atoms with Gasteiger partial charge in [0.2, 0.25) is 0 Å². The highest BCUT2D eigenvalue weighted by Gasteiger charge is 2.45. The predicted molar refractivity (Wildman–Crippen MR) is 104 cm³/mol. The fourth-order valence-electron chi connectivity index (χ4n) is 3.58. The molecule has 3 rings (SSSR count). The largest absolute Gasteiger partial charge is 0.444 e. The zero-order valence-electron chi connectivity index (χ0n) is 16.9. The Morgan fingerprint density at radius 3 is 2.36 bits per heavy atom. The molecule has 156 valence electrons. The number of amides is 1. The fourth-order valence-corrected chi connectivity index (χ4v) is 4.64. The zero-order valence-corrected chi connectivity index (χ0v) is 17.8. The molecule has 0 aromatic heterocycles. The van der Waals surface area contributed by atoms with Crippen LogP contribution < -0.4 is 0 Å². The van der Waals surface area contributed by atoms with Crippen LogP contribution in [0.3, 0.4) is 0 Å². The molecule has 1 atom stereocenters. The molecule has 8 heteroatoms. The Bertz CT molecular complexity index is 804. The molecule has 0 aliphatic carbocycles. The summed E-state index contributed by atoms with van der Waals surface area (Å²) in [4.78, 5) is 14.0. The molecule has 0 N–H and O–H groups in total. The standard InChI is InChI=1S/C20H29NO6S/c1-15-5-7-17(8-6-15)28(23,24)27-16-13-20(25-14-16)9-11-21(12-10-20)18(22)26-19(2,3)4/h5-8,16H,9-14H2,1-4H3/t16-/m1/s1. The molecule has 2 heterocycles. The highest BCUT2D eigenvalue weighted by molar-refractivity contribution is 7.86. The van der Waals surface area contributed by atoms with Crippen molar-refractivity contribution in [1.29, 1.82) is 0 Å². The molecule has 2 fully saturated rings. The lowest BCUT2D eigenvalue weighted by Gasteiger charge is -2.38. The van der Waals surface area contributed by atoms with E-state index in [1.807, 2.05) is 27.7 Å². The maximum absolute atomic E-state index is 12.5. The molecular formula is C20H29NO6S. The van der Waals surface area contributed by atoms with E-state index in [-0.39, 0.29) is 17.6 Å². The Balaban J connectivity index is 1.56. The minimum Gasteiger partial charge on any atom is -0.444 e. The number of aryl methyl sites for hydroxylation is 1. The molecule has 1 amide bonds. The van der Waals surface area contributed by atoms with Crippen molar-refractivity contribution in [2.75, 3.05) is 19.7 Å². The predicted octanol–water partition coefficient (Wildman–Crippen LogP) is 3.26. The smallest absolute Gasteiger partial charge is 0.410 e. The lowest BCUT2D eigenvalue weighted by molar-refractivity contribution is -0.0490. The molecule has 0 radical (unpaired) electrons. The SMILES string of the molecule is Cc1ccc(S(=O)(=O)O[C@H]2COC3(CCN(C(=O)OC(C)(C)C)CC3)C2)cc1. The average Bonchev–Trinajstić information content (AvgIpc) is 2.96. The Labute approximate surface area is 167 Å². The van der Waals surface area contributed by atoms with Gasteiger partial charge < -0.3 is 14.4 Å². The van der Waals surface area contributed by atoms with Crippen LogP contribution in [-0.2, 0) is 23.8 Å². The van der Waals surface area contributed by atoms with Gasteiger partial charge in [0.1, 0.15) is 11.7 Å². The summed E-state index contributed by atoms with van der Waals surface area (Å²) >= 11 is 0. The van der Waals surface area contributed by atoms with Gasteiger partial charge >= 0.3 is 6.09 Å². The third-order valence-electron chi connectivity index (χ3n) is 5.07. The first-order chi connectivity index (χ1) is 13.0. The van der Waals surface area contributed by atoms with E-state index in [9.17, 15) is 13.2 Å². The minimum absolute atomic E-state index is 0.152. The van der Waals surface area contributed by atoms with Crippen molar-refractivity contribution in [2.24, 2.45) is 0 Å². The van der Waals surface area contributed by atoms with E-state index in [2.05, 4.69) is 0 Å². The second-order valence-electron chi connectivity index (χ2n) is 8.65. The second kappa shape index (κ2) is 7.65. The van der Waals surface area contributed by atoms with Crippen LogP contribution in [0.5, 0.6) is 0 Å². The van der Waals surface area contributed by atoms with Gasteiger partial charge in [-0.3, -0.25) is 4.18 Å². The van der Waals surface area contributed by atoms with Gasteiger partial charge in [0.25, 0.3) is 10.1 Å². The maximum atomic E-state index is 12.5. The summed E-state index contributed by atoms with van der Waals surface area (Å²) in [5, 5.41) is 0. The molecule has 2 aliphatic rings. The van der Waals surface area contributed by atoms with E-state index in [1.54, 1.807) is 29.2 Å². The van der Waals surface area contributed by atoms with Crippen LogP contribution in [0.25, 0.3) is 0 Å². The number of benzene rings is 1. The second-order valence-corrected chi connectivity index (χ2v) is 10.2. The van der Waals surface area contributed by atoms with Crippen LogP contribution in [0.1, 0.15) is 45.6 Å². The van der Waals surface area contributed by atoms with Crippen molar-refractivity contribution in [3.05, 3.63) is 29.8 Å². The highest BCUT2D eigenvalue weighted by atomic mass is 32.2. The third kappa shape index (κ3) is 5.04. The van der Waals surface area contributed by atoms with Crippen molar-refractivity contribution in [3.63, 3.8) is 0 Å². The summed E-state index contributed by atoms with van der Waals surface area (Å²) in [7, 11) is -3.82. The number of carbonyl (C=O) groups is 1. The van der Waals surface area contributed by atoms with Crippen molar-refractivity contribution in [3.8, 4) is 0 Å². The first kappa shape index (κ1) is 21.1.